The number of benzene rings is 1. The van der Waals surface area contributed by atoms with Crippen molar-refractivity contribution in [3.05, 3.63) is 42.2 Å². The van der Waals surface area contributed by atoms with E-state index in [0.29, 0.717) is 33.7 Å². The normalized spacial score (nSPS) is 10.9. The third-order valence-corrected chi connectivity index (χ3v) is 4.97. The molecular formula is C14H14N6OSe. The number of aromatic nitrogens is 3. The quantitative estimate of drug-likeness (QED) is 0.566. The Hall–Kier alpha value is -2.57. The zero-order chi connectivity index (χ0) is 15.7. The van der Waals surface area contributed by atoms with Gasteiger partial charge in [0.15, 0.2) is 0 Å². The van der Waals surface area contributed by atoms with E-state index >= 15 is 0 Å². The van der Waals surface area contributed by atoms with Crippen LogP contribution in [0.4, 0.5) is 16.4 Å². The van der Waals surface area contributed by atoms with Crippen LogP contribution in [-0.4, -0.2) is 34.3 Å². The van der Waals surface area contributed by atoms with Crippen LogP contribution in [0.25, 0.3) is 11.0 Å². The van der Waals surface area contributed by atoms with Gasteiger partial charge in [-0.3, -0.25) is 0 Å². The van der Waals surface area contributed by atoms with Crippen molar-refractivity contribution < 1.29 is 4.79 Å². The summed E-state index contributed by atoms with van der Waals surface area (Å²) in [7, 11) is 0. The first-order valence-electron chi connectivity index (χ1n) is 6.47. The van der Waals surface area contributed by atoms with Crippen LogP contribution in [-0.2, 0) is 6.54 Å². The van der Waals surface area contributed by atoms with Crippen molar-refractivity contribution in [2.45, 2.75) is 6.54 Å². The molecule has 1 amide bonds. The van der Waals surface area contributed by atoms with Crippen molar-refractivity contribution in [1.82, 2.24) is 14.5 Å². The average Bonchev–Trinajstić information content (AvgIpc) is 2.75. The van der Waals surface area contributed by atoms with Crippen LogP contribution in [0.3, 0.4) is 0 Å². The number of nitrogen functional groups attached to an aromatic ring is 2. The molecule has 0 bridgehead atoms. The van der Waals surface area contributed by atoms with E-state index in [2.05, 4.69) is 9.97 Å². The summed E-state index contributed by atoms with van der Waals surface area (Å²) in [5.74, 6) is 0.770. The van der Waals surface area contributed by atoms with Crippen LogP contribution in [0.2, 0.25) is 0 Å². The Bertz CT molecular complexity index is 845. The van der Waals surface area contributed by atoms with Gasteiger partial charge in [-0.25, -0.2) is 0 Å². The molecule has 0 atom stereocenters. The molecule has 7 nitrogen and oxygen atoms in total. The van der Waals surface area contributed by atoms with Gasteiger partial charge in [0, 0.05) is 0 Å². The predicted octanol–water partition coefficient (Wildman–Crippen LogP) is 0.0522. The molecule has 0 saturated carbocycles. The van der Waals surface area contributed by atoms with Gasteiger partial charge in [0.1, 0.15) is 0 Å². The summed E-state index contributed by atoms with van der Waals surface area (Å²) >= 11 is -0.622. The van der Waals surface area contributed by atoms with Gasteiger partial charge in [0.2, 0.25) is 0 Å². The van der Waals surface area contributed by atoms with Gasteiger partial charge in [-0.1, -0.05) is 0 Å². The van der Waals surface area contributed by atoms with E-state index in [9.17, 15) is 4.79 Å². The molecule has 112 valence electrons. The van der Waals surface area contributed by atoms with Crippen molar-refractivity contribution in [1.29, 1.82) is 0 Å². The van der Waals surface area contributed by atoms with Gasteiger partial charge >= 0.3 is 132 Å². The number of hydrogen-bond donors (Lipinski definition) is 3. The topological polar surface area (TPSA) is 126 Å². The van der Waals surface area contributed by atoms with E-state index in [1.807, 2.05) is 34.9 Å². The molecule has 0 saturated heterocycles. The van der Waals surface area contributed by atoms with Gasteiger partial charge in [-0.2, -0.15) is 0 Å². The number of hydrogen-bond acceptors (Lipinski definition) is 5. The molecule has 3 aromatic rings. The number of nitrogens with two attached hydrogens (primary N) is 3. The SMILES string of the molecule is NC(=O)[Se]c1c(N)n(Cc2ccccc2)c2ncnc(N)c12. The van der Waals surface area contributed by atoms with Gasteiger partial charge in [0.25, 0.3) is 0 Å². The summed E-state index contributed by atoms with van der Waals surface area (Å²) in [5.41, 5.74) is 19.2. The van der Waals surface area contributed by atoms with Crippen molar-refractivity contribution in [3.63, 3.8) is 0 Å². The summed E-state index contributed by atoms with van der Waals surface area (Å²) in [6.07, 6.45) is 1.39. The van der Waals surface area contributed by atoms with Gasteiger partial charge < -0.3 is 0 Å². The number of anilines is 2. The number of fused-ring (bicyclic) bond motifs is 1. The minimum atomic E-state index is -0.622. The van der Waals surface area contributed by atoms with E-state index in [1.165, 1.54) is 6.33 Å². The molecule has 0 aliphatic rings. The molecule has 0 aliphatic heterocycles. The number of amides is 1. The average molecular weight is 361 g/mol. The zero-order valence-electron chi connectivity index (χ0n) is 11.6. The summed E-state index contributed by atoms with van der Waals surface area (Å²) in [4.78, 5) is 19.2. The molecule has 0 fully saturated rings. The van der Waals surface area contributed by atoms with Crippen LogP contribution in [0.1, 0.15) is 5.56 Å². The van der Waals surface area contributed by atoms with Crippen molar-refractivity contribution in [2.75, 3.05) is 11.5 Å². The number of primary amides is 1. The predicted molar refractivity (Wildman–Crippen MR) is 86.9 cm³/mol. The standard InChI is InChI=1S/C14H14N6OSe/c15-11-9-10(22-14(17)21)12(16)20(13(9)19-7-18-11)6-8-4-2-1-3-5-8/h1-5,7H,6,16H2,(H2,17,21)(H2,15,18,19). The van der Waals surface area contributed by atoms with Crippen LogP contribution in [0, 0.1) is 0 Å². The van der Waals surface area contributed by atoms with Crippen LogP contribution < -0.4 is 21.7 Å². The van der Waals surface area contributed by atoms with Crippen LogP contribution >= 0.6 is 0 Å². The fourth-order valence-corrected chi connectivity index (χ4v) is 3.80. The Morgan fingerprint density at radius 3 is 2.59 bits per heavy atom. The second-order valence-corrected chi connectivity index (χ2v) is 6.79. The molecule has 22 heavy (non-hydrogen) atoms. The molecule has 1 aromatic carbocycles. The zero-order valence-corrected chi connectivity index (χ0v) is 13.3. The first kappa shape index (κ1) is 14.4. The number of nitrogens with zero attached hydrogens (tertiary/aromatic N) is 3. The Morgan fingerprint density at radius 1 is 1.18 bits per heavy atom. The molecule has 3 rings (SSSR count). The fraction of sp³-hybridized carbons (Fsp3) is 0.0714. The van der Waals surface area contributed by atoms with Crippen LogP contribution in [0.15, 0.2) is 36.7 Å². The van der Waals surface area contributed by atoms with Gasteiger partial charge in [-0.15, -0.1) is 0 Å². The maximum absolute atomic E-state index is 11.3. The van der Waals surface area contributed by atoms with Gasteiger partial charge in [0.05, 0.1) is 0 Å². The number of carbonyl (C=O) groups is 1. The summed E-state index contributed by atoms with van der Waals surface area (Å²) in [5, 5.41) is 0.620. The Morgan fingerprint density at radius 2 is 1.91 bits per heavy atom. The first-order valence-corrected chi connectivity index (χ1v) is 8.18. The second-order valence-electron chi connectivity index (χ2n) is 4.66. The first-order chi connectivity index (χ1) is 10.6. The summed E-state index contributed by atoms with van der Waals surface area (Å²) < 4.78 is 2.48. The van der Waals surface area contributed by atoms with Gasteiger partial charge in [-0.05, 0) is 0 Å². The van der Waals surface area contributed by atoms with E-state index in [0.717, 1.165) is 5.56 Å². The number of rotatable bonds is 4. The molecule has 0 spiro atoms. The Labute approximate surface area is 132 Å². The maximum atomic E-state index is 11.3. The molecule has 0 radical (unpaired) electrons. The van der Waals surface area contributed by atoms with Crippen molar-refractivity contribution in [2.24, 2.45) is 5.73 Å². The van der Waals surface area contributed by atoms with Crippen molar-refractivity contribution in [3.8, 4) is 0 Å². The van der Waals surface area contributed by atoms with E-state index in [1.54, 1.807) is 0 Å². The third kappa shape index (κ3) is 2.49. The number of carbonyl (C=O) groups excluding carboxylic acids is 1. The molecule has 6 N–H and O–H groups in total. The van der Waals surface area contributed by atoms with E-state index < -0.39 is 19.8 Å². The fourth-order valence-electron chi connectivity index (χ4n) is 2.31. The van der Waals surface area contributed by atoms with E-state index in [4.69, 9.17) is 17.2 Å². The van der Waals surface area contributed by atoms with Crippen LogP contribution in [0.5, 0.6) is 0 Å². The third-order valence-electron chi connectivity index (χ3n) is 3.25. The summed E-state index contributed by atoms with van der Waals surface area (Å²) in [6.45, 7) is 0.536. The van der Waals surface area contributed by atoms with Crippen molar-refractivity contribution >= 4 is 46.9 Å². The minimum absolute atomic E-state index is 0.307. The molecule has 2 aromatic heterocycles. The molecular weight excluding hydrogens is 347 g/mol. The summed E-state index contributed by atoms with van der Waals surface area (Å²) in [6, 6.07) is 9.84. The van der Waals surface area contributed by atoms with E-state index in [-0.39, 0.29) is 0 Å². The molecule has 2 heterocycles. The molecule has 8 heteroatoms. The molecule has 0 unspecified atom stereocenters. The Kier molecular flexibility index (Phi) is 3.70. The molecule has 0 aliphatic carbocycles. The second kappa shape index (κ2) is 5.67. The monoisotopic (exact) mass is 362 g/mol. The Balaban J connectivity index is 2.20.